The molecule has 0 unspecified atom stereocenters. The lowest BCUT2D eigenvalue weighted by Crippen LogP contribution is -1.80. The number of aromatic nitrogens is 2. The molecule has 2 N–H and O–H groups in total. The molecule has 0 atom stereocenters. The van der Waals surface area contributed by atoms with Crippen molar-refractivity contribution in [1.29, 1.82) is 5.26 Å². The quantitative estimate of drug-likeness (QED) is 0.598. The van der Waals surface area contributed by atoms with Gasteiger partial charge in [0.25, 0.3) is 0 Å². The first-order valence-corrected chi connectivity index (χ1v) is 5.72. The maximum absolute atomic E-state index is 8.29. The van der Waals surface area contributed by atoms with E-state index in [1.807, 2.05) is 0 Å². The first-order valence-electron chi connectivity index (χ1n) is 3.91. The van der Waals surface area contributed by atoms with Crippen LogP contribution < -0.4 is 5.73 Å². The van der Waals surface area contributed by atoms with E-state index in [0.717, 1.165) is 22.9 Å². The Kier molecular flexibility index (Phi) is 4.57. The van der Waals surface area contributed by atoms with E-state index < -0.39 is 0 Å². The van der Waals surface area contributed by atoms with E-state index in [0.29, 0.717) is 11.6 Å². The molecule has 0 aliphatic carbocycles. The van der Waals surface area contributed by atoms with Gasteiger partial charge < -0.3 is 5.73 Å². The van der Waals surface area contributed by atoms with Crippen LogP contribution in [0.2, 0.25) is 0 Å². The van der Waals surface area contributed by atoms with E-state index in [1.165, 1.54) is 11.3 Å². The molecule has 0 aliphatic rings. The van der Waals surface area contributed by atoms with Gasteiger partial charge in [-0.2, -0.15) is 5.26 Å². The van der Waals surface area contributed by atoms with Gasteiger partial charge in [0, 0.05) is 12.2 Å². The highest BCUT2D eigenvalue weighted by molar-refractivity contribution is 8.01. The third kappa shape index (κ3) is 4.10. The molecule has 4 nitrogen and oxygen atoms in total. The van der Waals surface area contributed by atoms with E-state index in [-0.39, 0.29) is 0 Å². The molecular formula is C7H10N4S2. The number of unbranched alkanes of at least 4 members (excludes halogenated alkanes) is 2. The van der Waals surface area contributed by atoms with Crippen LogP contribution in [0.15, 0.2) is 4.34 Å². The van der Waals surface area contributed by atoms with Crippen molar-refractivity contribution in [3.63, 3.8) is 0 Å². The molecule has 1 heterocycles. The summed E-state index contributed by atoms with van der Waals surface area (Å²) in [5, 5.41) is 16.4. The summed E-state index contributed by atoms with van der Waals surface area (Å²) < 4.78 is 0.912. The number of anilines is 1. The average Bonchev–Trinajstić information content (AvgIpc) is 2.51. The van der Waals surface area contributed by atoms with Gasteiger partial charge in [-0.05, 0) is 12.8 Å². The van der Waals surface area contributed by atoms with Crippen LogP contribution in [0.25, 0.3) is 0 Å². The average molecular weight is 214 g/mol. The van der Waals surface area contributed by atoms with Gasteiger partial charge in [-0.1, -0.05) is 23.1 Å². The van der Waals surface area contributed by atoms with Gasteiger partial charge >= 0.3 is 0 Å². The van der Waals surface area contributed by atoms with Crippen molar-refractivity contribution in [2.75, 3.05) is 11.5 Å². The van der Waals surface area contributed by atoms with Gasteiger partial charge in [0.2, 0.25) is 5.13 Å². The summed E-state index contributed by atoms with van der Waals surface area (Å²) in [5.41, 5.74) is 5.42. The normalized spacial score (nSPS) is 9.77. The van der Waals surface area contributed by atoms with Crippen LogP contribution in [0.1, 0.15) is 19.3 Å². The highest BCUT2D eigenvalue weighted by Gasteiger charge is 2.00. The Balaban J connectivity index is 2.10. The minimum atomic E-state index is 0.513. The van der Waals surface area contributed by atoms with Crippen molar-refractivity contribution in [1.82, 2.24) is 10.2 Å². The summed E-state index contributed by atoms with van der Waals surface area (Å²) in [4.78, 5) is 0. The number of hydrogen-bond acceptors (Lipinski definition) is 6. The SMILES string of the molecule is N#CCCCCSc1nnc(N)s1. The molecule has 0 aliphatic heterocycles. The van der Waals surface area contributed by atoms with E-state index in [9.17, 15) is 0 Å². The third-order valence-corrected chi connectivity index (χ3v) is 3.30. The van der Waals surface area contributed by atoms with Crippen LogP contribution in [0.3, 0.4) is 0 Å². The zero-order valence-corrected chi connectivity index (χ0v) is 8.70. The van der Waals surface area contributed by atoms with Gasteiger partial charge in [0.15, 0.2) is 4.34 Å². The van der Waals surface area contributed by atoms with Crippen molar-refractivity contribution in [2.24, 2.45) is 0 Å². The predicted molar refractivity (Wildman–Crippen MR) is 54.5 cm³/mol. The Morgan fingerprint density at radius 1 is 1.46 bits per heavy atom. The number of rotatable bonds is 5. The number of nitriles is 1. The number of nitrogens with two attached hydrogens (primary N) is 1. The van der Waals surface area contributed by atoms with Crippen molar-refractivity contribution in [3.05, 3.63) is 0 Å². The molecule has 6 heteroatoms. The van der Waals surface area contributed by atoms with Crippen molar-refractivity contribution in [3.8, 4) is 6.07 Å². The molecule has 0 radical (unpaired) electrons. The second-order valence-corrected chi connectivity index (χ2v) is 4.72. The lowest BCUT2D eigenvalue weighted by atomic mass is 10.3. The zero-order valence-electron chi connectivity index (χ0n) is 7.06. The van der Waals surface area contributed by atoms with Crippen LogP contribution in [0.5, 0.6) is 0 Å². The second kappa shape index (κ2) is 5.78. The molecule has 0 fully saturated rings. The second-order valence-electron chi connectivity index (χ2n) is 2.37. The smallest absolute Gasteiger partial charge is 0.203 e. The Bertz CT molecular complexity index is 291. The van der Waals surface area contributed by atoms with Crippen molar-refractivity contribution >= 4 is 28.2 Å². The maximum atomic E-state index is 8.29. The van der Waals surface area contributed by atoms with Crippen molar-refractivity contribution in [2.45, 2.75) is 23.6 Å². The van der Waals surface area contributed by atoms with Gasteiger partial charge in [-0.15, -0.1) is 10.2 Å². The Morgan fingerprint density at radius 2 is 2.31 bits per heavy atom. The van der Waals surface area contributed by atoms with Crippen LogP contribution in [-0.2, 0) is 0 Å². The molecular weight excluding hydrogens is 204 g/mol. The number of nitrogen functional groups attached to an aromatic ring is 1. The molecule has 70 valence electrons. The summed E-state index contributed by atoms with van der Waals surface area (Å²) in [6, 6.07) is 2.12. The lowest BCUT2D eigenvalue weighted by molar-refractivity contribution is 0.829. The Morgan fingerprint density at radius 3 is 2.92 bits per heavy atom. The van der Waals surface area contributed by atoms with Crippen LogP contribution in [-0.4, -0.2) is 16.0 Å². The molecule has 13 heavy (non-hydrogen) atoms. The standard InChI is InChI=1S/C7H10N4S2/c8-4-2-1-3-5-12-7-11-10-6(9)13-7/h1-3,5H2,(H2,9,10). The minimum Gasteiger partial charge on any atom is -0.374 e. The van der Waals surface area contributed by atoms with E-state index in [1.54, 1.807) is 11.8 Å². The summed E-state index contributed by atoms with van der Waals surface area (Å²) in [6.45, 7) is 0. The fourth-order valence-electron chi connectivity index (χ4n) is 0.744. The molecule has 0 bridgehead atoms. The fraction of sp³-hybridized carbons (Fsp3) is 0.571. The summed E-state index contributed by atoms with van der Waals surface area (Å²) in [7, 11) is 0. The predicted octanol–water partition coefficient (Wildman–Crippen LogP) is 1.91. The van der Waals surface area contributed by atoms with Crippen molar-refractivity contribution < 1.29 is 0 Å². The largest absolute Gasteiger partial charge is 0.374 e. The van der Waals surface area contributed by atoms with Crippen LogP contribution in [0.4, 0.5) is 5.13 Å². The minimum absolute atomic E-state index is 0.513. The summed E-state index contributed by atoms with van der Waals surface area (Å²) in [5.74, 6) is 0.982. The lowest BCUT2D eigenvalue weighted by Gasteiger charge is -1.93. The van der Waals surface area contributed by atoms with Gasteiger partial charge in [0.1, 0.15) is 0 Å². The zero-order chi connectivity index (χ0) is 9.52. The molecule has 0 amide bonds. The van der Waals surface area contributed by atoms with Crippen LogP contribution >= 0.6 is 23.1 Å². The van der Waals surface area contributed by atoms with Crippen LogP contribution in [0, 0.1) is 11.3 Å². The first-order chi connectivity index (χ1) is 6.33. The highest BCUT2D eigenvalue weighted by Crippen LogP contribution is 2.24. The molecule has 1 rings (SSSR count). The van der Waals surface area contributed by atoms with Gasteiger partial charge in [-0.25, -0.2) is 0 Å². The molecule has 0 aromatic carbocycles. The molecule has 1 aromatic rings. The van der Waals surface area contributed by atoms with E-state index in [4.69, 9.17) is 11.0 Å². The molecule has 0 spiro atoms. The molecule has 0 saturated carbocycles. The Hall–Kier alpha value is -0.800. The fourth-order valence-corrected chi connectivity index (χ4v) is 2.45. The maximum Gasteiger partial charge on any atom is 0.203 e. The van der Waals surface area contributed by atoms with E-state index in [2.05, 4.69) is 16.3 Å². The van der Waals surface area contributed by atoms with E-state index >= 15 is 0 Å². The number of nitrogens with zero attached hydrogens (tertiary/aromatic N) is 3. The summed E-state index contributed by atoms with van der Waals surface area (Å²) in [6.07, 6.45) is 2.63. The molecule has 0 saturated heterocycles. The highest BCUT2D eigenvalue weighted by atomic mass is 32.2. The van der Waals surface area contributed by atoms with Gasteiger partial charge in [-0.3, -0.25) is 0 Å². The molecule has 1 aromatic heterocycles. The first kappa shape index (κ1) is 10.3. The van der Waals surface area contributed by atoms with Gasteiger partial charge in [0.05, 0.1) is 6.07 Å². The number of thioether (sulfide) groups is 1. The Labute approximate surface area is 85.2 Å². The monoisotopic (exact) mass is 214 g/mol. The topological polar surface area (TPSA) is 75.6 Å². The summed E-state index contributed by atoms with van der Waals surface area (Å²) >= 11 is 3.05. The third-order valence-electron chi connectivity index (χ3n) is 1.33. The number of hydrogen-bond donors (Lipinski definition) is 1.